The van der Waals surface area contributed by atoms with E-state index in [0.29, 0.717) is 31.2 Å². The van der Waals surface area contributed by atoms with Crippen LogP contribution in [0.4, 0.5) is 4.39 Å². The van der Waals surface area contributed by atoms with Crippen molar-refractivity contribution in [3.63, 3.8) is 0 Å². The molecule has 136 valence electrons. The maximum absolute atomic E-state index is 13.7. The Kier molecular flexibility index (Phi) is 10.2. The molecule has 1 saturated heterocycles. The van der Waals surface area contributed by atoms with Crippen LogP contribution in [0.2, 0.25) is 0 Å². The van der Waals surface area contributed by atoms with Crippen LogP contribution in [0.5, 0.6) is 0 Å². The first-order valence-electron chi connectivity index (χ1n) is 8.00. The summed E-state index contributed by atoms with van der Waals surface area (Å²) < 4.78 is 24.2. The molecule has 0 amide bonds. The van der Waals surface area contributed by atoms with Gasteiger partial charge in [-0.25, -0.2) is 4.39 Å². The highest BCUT2D eigenvalue weighted by Crippen LogP contribution is 2.17. The number of guanidine groups is 1. The molecule has 1 aliphatic rings. The number of halogens is 2. The Morgan fingerprint density at radius 2 is 2.17 bits per heavy atom. The van der Waals surface area contributed by atoms with E-state index >= 15 is 0 Å². The third-order valence-corrected chi connectivity index (χ3v) is 3.98. The van der Waals surface area contributed by atoms with Gasteiger partial charge in [0.1, 0.15) is 5.82 Å². The van der Waals surface area contributed by atoms with Crippen molar-refractivity contribution < 1.29 is 13.9 Å². The van der Waals surface area contributed by atoms with Crippen LogP contribution in [-0.4, -0.2) is 57.9 Å². The minimum atomic E-state index is -0.193. The van der Waals surface area contributed by atoms with E-state index in [2.05, 4.69) is 15.2 Å². The van der Waals surface area contributed by atoms with E-state index in [1.165, 1.54) is 6.07 Å². The molecule has 2 rings (SSSR count). The summed E-state index contributed by atoms with van der Waals surface area (Å²) in [7, 11) is 3.43. The van der Waals surface area contributed by atoms with E-state index in [4.69, 9.17) is 9.47 Å². The van der Waals surface area contributed by atoms with Gasteiger partial charge < -0.3 is 19.7 Å². The third kappa shape index (κ3) is 6.52. The topological polar surface area (TPSA) is 46.1 Å². The highest BCUT2D eigenvalue weighted by atomic mass is 127. The van der Waals surface area contributed by atoms with Gasteiger partial charge in [0.25, 0.3) is 0 Å². The number of aliphatic imine (C=N–C) groups is 1. The van der Waals surface area contributed by atoms with Crippen LogP contribution in [0.15, 0.2) is 29.3 Å². The first-order valence-corrected chi connectivity index (χ1v) is 8.00. The molecule has 1 fully saturated rings. The first-order chi connectivity index (χ1) is 11.2. The normalized spacial score (nSPS) is 17.7. The van der Waals surface area contributed by atoms with E-state index in [9.17, 15) is 4.39 Å². The van der Waals surface area contributed by atoms with Crippen molar-refractivity contribution in [2.24, 2.45) is 10.9 Å². The van der Waals surface area contributed by atoms with Crippen LogP contribution in [0.1, 0.15) is 12.0 Å². The number of rotatable bonds is 7. The molecule has 7 heteroatoms. The van der Waals surface area contributed by atoms with Crippen LogP contribution in [-0.2, 0) is 16.0 Å². The fraction of sp³-hybridized carbons (Fsp3) is 0.588. The minimum Gasteiger partial charge on any atom is -0.382 e. The Morgan fingerprint density at radius 3 is 2.88 bits per heavy atom. The highest BCUT2D eigenvalue weighted by Gasteiger charge is 2.24. The van der Waals surface area contributed by atoms with Crippen molar-refractivity contribution in [3.8, 4) is 0 Å². The summed E-state index contributed by atoms with van der Waals surface area (Å²) in [6.07, 6.45) is 1.08. The highest BCUT2D eigenvalue weighted by molar-refractivity contribution is 14.0. The summed E-state index contributed by atoms with van der Waals surface area (Å²) in [5.74, 6) is 1.12. The van der Waals surface area contributed by atoms with Crippen molar-refractivity contribution in [1.29, 1.82) is 0 Å². The molecule has 24 heavy (non-hydrogen) atoms. The van der Waals surface area contributed by atoms with E-state index in [-0.39, 0.29) is 29.8 Å². The molecule has 1 aromatic rings. The maximum Gasteiger partial charge on any atom is 0.193 e. The maximum atomic E-state index is 13.7. The second-order valence-electron chi connectivity index (χ2n) is 5.66. The number of nitrogens with one attached hydrogen (secondary N) is 1. The van der Waals surface area contributed by atoms with E-state index < -0.39 is 0 Å². The van der Waals surface area contributed by atoms with E-state index in [1.54, 1.807) is 26.3 Å². The van der Waals surface area contributed by atoms with E-state index in [0.717, 1.165) is 32.1 Å². The summed E-state index contributed by atoms with van der Waals surface area (Å²) in [4.78, 5) is 6.51. The SMILES string of the molecule is CN=C(NCc1ccccc1F)N1CCC(COCCOC)C1.I. The lowest BCUT2D eigenvalue weighted by Crippen LogP contribution is -2.40. The number of hydrogen-bond donors (Lipinski definition) is 1. The predicted octanol–water partition coefficient (Wildman–Crippen LogP) is 2.50. The summed E-state index contributed by atoms with van der Waals surface area (Å²) in [5.41, 5.74) is 0.646. The quantitative estimate of drug-likeness (QED) is 0.300. The van der Waals surface area contributed by atoms with Crippen molar-refractivity contribution in [2.75, 3.05) is 47.1 Å². The lowest BCUT2D eigenvalue weighted by molar-refractivity contribution is 0.0536. The zero-order chi connectivity index (χ0) is 16.5. The number of hydrogen-bond acceptors (Lipinski definition) is 3. The van der Waals surface area contributed by atoms with Gasteiger partial charge in [0.05, 0.1) is 19.8 Å². The van der Waals surface area contributed by atoms with Gasteiger partial charge >= 0.3 is 0 Å². The van der Waals surface area contributed by atoms with E-state index in [1.807, 2.05) is 6.07 Å². The zero-order valence-electron chi connectivity index (χ0n) is 14.3. The second-order valence-corrected chi connectivity index (χ2v) is 5.66. The van der Waals surface area contributed by atoms with Crippen LogP contribution in [0, 0.1) is 11.7 Å². The number of ether oxygens (including phenoxy) is 2. The molecule has 0 aliphatic carbocycles. The lowest BCUT2D eigenvalue weighted by Gasteiger charge is -2.22. The fourth-order valence-corrected chi connectivity index (χ4v) is 2.70. The molecule has 0 saturated carbocycles. The lowest BCUT2D eigenvalue weighted by atomic mass is 10.1. The Balaban J connectivity index is 0.00000288. The van der Waals surface area contributed by atoms with Crippen LogP contribution in [0.3, 0.4) is 0 Å². The third-order valence-electron chi connectivity index (χ3n) is 3.98. The molecule has 1 atom stereocenters. The monoisotopic (exact) mass is 451 g/mol. The van der Waals surface area contributed by atoms with Gasteiger partial charge in [-0.2, -0.15) is 0 Å². The van der Waals surface area contributed by atoms with Gasteiger partial charge in [-0.3, -0.25) is 4.99 Å². The van der Waals surface area contributed by atoms with Gasteiger partial charge in [0.15, 0.2) is 5.96 Å². The number of methoxy groups -OCH3 is 1. The minimum absolute atomic E-state index is 0. The summed E-state index contributed by atoms with van der Waals surface area (Å²) in [6.45, 7) is 4.28. The number of likely N-dealkylation sites (tertiary alicyclic amines) is 1. The zero-order valence-corrected chi connectivity index (χ0v) is 16.7. The number of nitrogens with zero attached hydrogens (tertiary/aromatic N) is 2. The van der Waals surface area contributed by atoms with Gasteiger partial charge in [0, 0.05) is 45.3 Å². The first kappa shape index (κ1) is 21.1. The van der Waals surface area contributed by atoms with Crippen LogP contribution >= 0.6 is 24.0 Å². The van der Waals surface area contributed by atoms with Crippen LogP contribution < -0.4 is 5.32 Å². The Labute approximate surface area is 160 Å². The molecule has 0 radical (unpaired) electrons. The second kappa shape index (κ2) is 11.6. The van der Waals surface area contributed by atoms with Crippen molar-refractivity contribution in [3.05, 3.63) is 35.6 Å². The average Bonchev–Trinajstić information content (AvgIpc) is 3.02. The molecule has 1 aliphatic heterocycles. The molecular weight excluding hydrogens is 424 g/mol. The molecule has 1 heterocycles. The summed E-state index contributed by atoms with van der Waals surface area (Å²) >= 11 is 0. The average molecular weight is 451 g/mol. The van der Waals surface area contributed by atoms with Gasteiger partial charge in [-0.1, -0.05) is 18.2 Å². The molecule has 0 spiro atoms. The molecule has 0 aromatic heterocycles. The van der Waals surface area contributed by atoms with Crippen LogP contribution in [0.25, 0.3) is 0 Å². The van der Waals surface area contributed by atoms with Crippen molar-refractivity contribution >= 4 is 29.9 Å². The van der Waals surface area contributed by atoms with Crippen molar-refractivity contribution in [1.82, 2.24) is 10.2 Å². The predicted molar refractivity (Wildman–Crippen MR) is 104 cm³/mol. The van der Waals surface area contributed by atoms with Gasteiger partial charge in [-0.15, -0.1) is 24.0 Å². The fourth-order valence-electron chi connectivity index (χ4n) is 2.70. The molecule has 1 N–H and O–H groups in total. The summed E-state index contributed by atoms with van der Waals surface area (Å²) in [5, 5.41) is 3.24. The molecule has 1 unspecified atom stereocenters. The largest absolute Gasteiger partial charge is 0.382 e. The Morgan fingerprint density at radius 1 is 1.38 bits per heavy atom. The molecule has 0 bridgehead atoms. The van der Waals surface area contributed by atoms with Gasteiger partial charge in [-0.05, 0) is 12.5 Å². The van der Waals surface area contributed by atoms with Gasteiger partial charge in [0.2, 0.25) is 0 Å². The van der Waals surface area contributed by atoms with Crippen molar-refractivity contribution in [2.45, 2.75) is 13.0 Å². The number of benzene rings is 1. The summed E-state index contributed by atoms with van der Waals surface area (Å²) in [6, 6.07) is 6.80. The molecular formula is C17H27FIN3O2. The molecule has 5 nitrogen and oxygen atoms in total. The smallest absolute Gasteiger partial charge is 0.193 e. The Bertz CT molecular complexity index is 516. The molecule has 1 aromatic carbocycles. The Hall–Kier alpha value is -0.930. The standard InChI is InChI=1S/C17H26FN3O2.HI/c1-19-17(20-11-15-5-3-4-6-16(15)18)21-8-7-14(12-21)13-23-10-9-22-2;/h3-6,14H,7-13H2,1-2H3,(H,19,20);1H.